The lowest BCUT2D eigenvalue weighted by Crippen LogP contribution is -2.51. The minimum atomic E-state index is 0.239. The Morgan fingerprint density at radius 3 is 3.06 bits per heavy atom. The topological polar surface area (TPSA) is 32.3 Å². The number of hydrogen-bond donors (Lipinski definition) is 1. The highest BCUT2D eigenvalue weighted by atomic mass is 32.1. The zero-order chi connectivity index (χ0) is 12.5. The van der Waals surface area contributed by atoms with Gasteiger partial charge in [-0.1, -0.05) is 0 Å². The van der Waals surface area contributed by atoms with Gasteiger partial charge in [0.25, 0.3) is 5.91 Å². The Balaban J connectivity index is 1.77. The number of fused-ring (bicyclic) bond motifs is 1. The number of thiophene rings is 1. The van der Waals surface area contributed by atoms with Crippen LogP contribution in [0.5, 0.6) is 0 Å². The molecule has 0 saturated carbocycles. The lowest BCUT2D eigenvalue weighted by molar-refractivity contribution is 0.0714. The molecule has 1 aromatic heterocycles. The van der Waals surface area contributed by atoms with Crippen LogP contribution >= 0.6 is 11.3 Å². The summed E-state index contributed by atoms with van der Waals surface area (Å²) in [6, 6.07) is 2.56. The quantitative estimate of drug-likeness (QED) is 0.842. The number of nitrogens with zero attached hydrogens (tertiary/aromatic N) is 1. The fourth-order valence-electron chi connectivity index (χ4n) is 2.87. The van der Waals surface area contributed by atoms with Crippen LogP contribution in [0.2, 0.25) is 0 Å². The monoisotopic (exact) mass is 264 g/mol. The minimum absolute atomic E-state index is 0.239. The number of carbonyl (C=O) groups is 1. The molecule has 0 radical (unpaired) electrons. The van der Waals surface area contributed by atoms with Crippen LogP contribution in [0.25, 0.3) is 0 Å². The Morgan fingerprint density at radius 2 is 2.28 bits per heavy atom. The Labute approximate surface area is 112 Å². The van der Waals surface area contributed by atoms with Gasteiger partial charge in [-0.3, -0.25) is 4.79 Å². The highest BCUT2D eigenvalue weighted by molar-refractivity contribution is 7.14. The van der Waals surface area contributed by atoms with Crippen LogP contribution in [-0.4, -0.2) is 36.5 Å². The van der Waals surface area contributed by atoms with Crippen molar-refractivity contribution in [3.8, 4) is 0 Å². The Morgan fingerprint density at radius 1 is 1.44 bits per heavy atom. The van der Waals surface area contributed by atoms with E-state index in [-0.39, 0.29) is 5.91 Å². The molecule has 1 atom stereocenters. The van der Waals surface area contributed by atoms with Crippen molar-refractivity contribution in [2.24, 2.45) is 0 Å². The van der Waals surface area contributed by atoms with E-state index in [0.717, 1.165) is 30.9 Å². The van der Waals surface area contributed by atoms with Gasteiger partial charge in [0, 0.05) is 30.6 Å². The first-order valence-corrected chi connectivity index (χ1v) is 7.70. The fraction of sp³-hybridized carbons (Fsp3) is 0.643. The van der Waals surface area contributed by atoms with Crippen molar-refractivity contribution in [1.82, 2.24) is 10.2 Å². The number of amides is 1. The second-order valence-electron chi connectivity index (χ2n) is 5.37. The summed E-state index contributed by atoms with van der Waals surface area (Å²) in [7, 11) is 0. The minimum Gasteiger partial charge on any atom is -0.335 e. The largest absolute Gasteiger partial charge is 0.335 e. The number of aryl methyl sites for hydroxylation is 2. The van der Waals surface area contributed by atoms with E-state index in [4.69, 9.17) is 0 Å². The van der Waals surface area contributed by atoms with Gasteiger partial charge in [-0.15, -0.1) is 11.3 Å². The van der Waals surface area contributed by atoms with Crippen molar-refractivity contribution >= 4 is 17.2 Å². The van der Waals surface area contributed by atoms with E-state index in [1.807, 2.05) is 4.90 Å². The SMILES string of the molecule is CC1CN(C(=O)c2cc3c(s2)CCCC3)CCN1. The smallest absolute Gasteiger partial charge is 0.264 e. The molecular weight excluding hydrogens is 244 g/mol. The van der Waals surface area contributed by atoms with Gasteiger partial charge in [0.1, 0.15) is 0 Å². The number of rotatable bonds is 1. The highest BCUT2D eigenvalue weighted by Gasteiger charge is 2.24. The molecule has 1 N–H and O–H groups in total. The summed E-state index contributed by atoms with van der Waals surface area (Å²) in [5.74, 6) is 0.239. The molecule has 98 valence electrons. The molecule has 1 aliphatic heterocycles. The maximum Gasteiger partial charge on any atom is 0.264 e. The predicted octanol–water partition coefficient (Wildman–Crippen LogP) is 2.06. The van der Waals surface area contributed by atoms with Gasteiger partial charge in [0.15, 0.2) is 0 Å². The van der Waals surface area contributed by atoms with Gasteiger partial charge in [0.2, 0.25) is 0 Å². The molecule has 3 rings (SSSR count). The normalized spacial score (nSPS) is 23.8. The zero-order valence-corrected chi connectivity index (χ0v) is 11.7. The second-order valence-corrected chi connectivity index (χ2v) is 6.51. The average Bonchev–Trinajstić information content (AvgIpc) is 2.81. The van der Waals surface area contributed by atoms with Crippen LogP contribution in [0.4, 0.5) is 0 Å². The summed E-state index contributed by atoms with van der Waals surface area (Å²) in [5.41, 5.74) is 1.43. The van der Waals surface area contributed by atoms with Crippen LogP contribution in [0, 0.1) is 0 Å². The predicted molar refractivity (Wildman–Crippen MR) is 74.3 cm³/mol. The van der Waals surface area contributed by atoms with Crippen LogP contribution in [0.15, 0.2) is 6.07 Å². The van der Waals surface area contributed by atoms with Gasteiger partial charge in [0.05, 0.1) is 4.88 Å². The molecule has 1 aliphatic carbocycles. The first kappa shape index (κ1) is 12.2. The Kier molecular flexibility index (Phi) is 3.39. The second kappa shape index (κ2) is 5.02. The van der Waals surface area contributed by atoms with Crippen molar-refractivity contribution in [2.45, 2.75) is 38.6 Å². The fourth-order valence-corrected chi connectivity index (χ4v) is 4.09. The first-order valence-electron chi connectivity index (χ1n) is 6.88. The summed E-state index contributed by atoms with van der Waals surface area (Å²) in [6.07, 6.45) is 4.90. The summed E-state index contributed by atoms with van der Waals surface area (Å²) >= 11 is 1.73. The number of nitrogens with one attached hydrogen (secondary N) is 1. The highest BCUT2D eigenvalue weighted by Crippen LogP contribution is 2.30. The maximum absolute atomic E-state index is 12.5. The van der Waals surface area contributed by atoms with Crippen LogP contribution < -0.4 is 5.32 Å². The summed E-state index contributed by atoms with van der Waals surface area (Å²) in [6.45, 7) is 4.73. The molecule has 4 heteroatoms. The zero-order valence-electron chi connectivity index (χ0n) is 10.9. The molecule has 0 spiro atoms. The van der Waals surface area contributed by atoms with Crippen LogP contribution in [0.3, 0.4) is 0 Å². The molecule has 1 amide bonds. The van der Waals surface area contributed by atoms with Crippen molar-refractivity contribution < 1.29 is 4.79 Å². The van der Waals surface area contributed by atoms with E-state index in [2.05, 4.69) is 18.3 Å². The molecule has 0 aromatic carbocycles. The third-order valence-electron chi connectivity index (χ3n) is 3.86. The third kappa shape index (κ3) is 2.31. The van der Waals surface area contributed by atoms with Crippen molar-refractivity contribution in [1.29, 1.82) is 0 Å². The molecule has 2 aliphatic rings. The van der Waals surface area contributed by atoms with Crippen LogP contribution in [-0.2, 0) is 12.8 Å². The third-order valence-corrected chi connectivity index (χ3v) is 5.09. The molecular formula is C14H20N2OS. The standard InChI is InChI=1S/C14H20N2OS/c1-10-9-16(7-6-15-10)14(17)13-8-11-4-2-3-5-12(11)18-13/h8,10,15H,2-7,9H2,1H3. The maximum atomic E-state index is 12.5. The van der Waals surface area contributed by atoms with E-state index < -0.39 is 0 Å². The van der Waals surface area contributed by atoms with E-state index >= 15 is 0 Å². The van der Waals surface area contributed by atoms with Gasteiger partial charge < -0.3 is 10.2 Å². The number of hydrogen-bond acceptors (Lipinski definition) is 3. The molecule has 1 unspecified atom stereocenters. The Hall–Kier alpha value is -0.870. The van der Waals surface area contributed by atoms with E-state index in [0.29, 0.717) is 6.04 Å². The van der Waals surface area contributed by atoms with E-state index in [1.165, 1.54) is 29.7 Å². The molecule has 0 bridgehead atoms. The summed E-state index contributed by atoms with van der Waals surface area (Å²) in [5, 5.41) is 3.38. The van der Waals surface area contributed by atoms with Crippen molar-refractivity contribution in [3.63, 3.8) is 0 Å². The molecule has 3 nitrogen and oxygen atoms in total. The summed E-state index contributed by atoms with van der Waals surface area (Å²) < 4.78 is 0. The first-order chi connectivity index (χ1) is 8.74. The van der Waals surface area contributed by atoms with Gasteiger partial charge in [-0.25, -0.2) is 0 Å². The van der Waals surface area contributed by atoms with Crippen molar-refractivity contribution in [3.05, 3.63) is 21.4 Å². The van der Waals surface area contributed by atoms with Crippen molar-refractivity contribution in [2.75, 3.05) is 19.6 Å². The van der Waals surface area contributed by atoms with Crippen LogP contribution in [0.1, 0.15) is 39.9 Å². The molecule has 1 aromatic rings. The summed E-state index contributed by atoms with van der Waals surface area (Å²) in [4.78, 5) is 16.9. The Bertz CT molecular complexity index is 431. The molecule has 1 saturated heterocycles. The van der Waals surface area contributed by atoms with E-state index in [1.54, 1.807) is 11.3 Å². The van der Waals surface area contributed by atoms with Gasteiger partial charge in [-0.2, -0.15) is 0 Å². The molecule has 2 heterocycles. The van der Waals surface area contributed by atoms with Gasteiger partial charge in [-0.05, 0) is 44.2 Å². The van der Waals surface area contributed by atoms with E-state index in [9.17, 15) is 4.79 Å². The van der Waals surface area contributed by atoms with Gasteiger partial charge >= 0.3 is 0 Å². The lowest BCUT2D eigenvalue weighted by Gasteiger charge is -2.31. The average molecular weight is 264 g/mol. The molecule has 1 fully saturated rings. The number of piperazine rings is 1. The number of carbonyl (C=O) groups excluding carboxylic acids is 1. The molecule has 18 heavy (non-hydrogen) atoms. The lowest BCUT2D eigenvalue weighted by atomic mass is 9.99.